The third-order valence-electron chi connectivity index (χ3n) is 4.32. The Morgan fingerprint density at radius 1 is 0.969 bits per heavy atom. The van der Waals surface area contributed by atoms with Crippen LogP contribution >= 0.6 is 23.2 Å². The van der Waals surface area contributed by atoms with Gasteiger partial charge in [-0.05, 0) is 48.5 Å². The maximum Gasteiger partial charge on any atom is 0.264 e. The summed E-state index contributed by atoms with van der Waals surface area (Å²) >= 11 is 12.3. The molecule has 1 N–H and O–H groups in total. The number of sulfonamides is 1. The lowest BCUT2D eigenvalue weighted by molar-refractivity contribution is -0.119. The Hall–Kier alpha value is -2.81. The van der Waals surface area contributed by atoms with Crippen LogP contribution in [0.25, 0.3) is 0 Å². The van der Waals surface area contributed by atoms with Gasteiger partial charge in [-0.25, -0.2) is 12.8 Å². The first kappa shape index (κ1) is 23.8. The van der Waals surface area contributed by atoms with E-state index in [1.165, 1.54) is 48.5 Å². The maximum atomic E-state index is 13.3. The summed E-state index contributed by atoms with van der Waals surface area (Å²) in [6.07, 6.45) is 0. The molecule has 3 aromatic rings. The maximum absolute atomic E-state index is 13.3. The lowest BCUT2D eigenvalue weighted by Crippen LogP contribution is -2.42. The fraction of sp³-hybridized carbons (Fsp3) is 0.136. The van der Waals surface area contributed by atoms with Gasteiger partial charge in [0.1, 0.15) is 24.7 Å². The van der Waals surface area contributed by atoms with Crippen molar-refractivity contribution in [1.82, 2.24) is 5.32 Å². The summed E-state index contributed by atoms with van der Waals surface area (Å²) in [5.41, 5.74) is 0.0840. The molecule has 0 bridgehead atoms. The van der Waals surface area contributed by atoms with Crippen LogP contribution in [-0.4, -0.2) is 34.0 Å². The van der Waals surface area contributed by atoms with Gasteiger partial charge >= 0.3 is 0 Å². The number of benzene rings is 3. The number of nitrogens with one attached hydrogen (secondary N) is 1. The molecule has 0 aliphatic rings. The van der Waals surface area contributed by atoms with Crippen LogP contribution in [0.1, 0.15) is 0 Å². The molecule has 0 saturated carbocycles. The molecule has 0 unspecified atom stereocenters. The second kappa shape index (κ2) is 10.7. The fourth-order valence-electron chi connectivity index (χ4n) is 2.78. The van der Waals surface area contributed by atoms with Gasteiger partial charge in [0.15, 0.2) is 0 Å². The Morgan fingerprint density at radius 3 is 2.34 bits per heavy atom. The van der Waals surface area contributed by atoms with Gasteiger partial charge in [0.25, 0.3) is 10.0 Å². The molecule has 0 atom stereocenters. The molecule has 0 aliphatic heterocycles. The van der Waals surface area contributed by atoms with Crippen molar-refractivity contribution in [1.29, 1.82) is 0 Å². The van der Waals surface area contributed by atoms with Gasteiger partial charge < -0.3 is 10.1 Å². The van der Waals surface area contributed by atoms with E-state index in [9.17, 15) is 17.6 Å². The van der Waals surface area contributed by atoms with Gasteiger partial charge in [0.2, 0.25) is 5.91 Å². The highest BCUT2D eigenvalue weighted by Crippen LogP contribution is 2.35. The van der Waals surface area contributed by atoms with E-state index < -0.39 is 22.5 Å². The van der Waals surface area contributed by atoms with Crippen LogP contribution in [0.5, 0.6) is 5.75 Å². The minimum absolute atomic E-state index is 0.00323. The molecule has 6 nitrogen and oxygen atoms in total. The van der Waals surface area contributed by atoms with Gasteiger partial charge in [0, 0.05) is 0 Å². The van der Waals surface area contributed by atoms with Crippen LogP contribution in [0.3, 0.4) is 0 Å². The second-order valence-corrected chi connectivity index (χ2v) is 9.20. The molecule has 32 heavy (non-hydrogen) atoms. The van der Waals surface area contributed by atoms with Crippen LogP contribution in [0.2, 0.25) is 10.0 Å². The third kappa shape index (κ3) is 5.91. The van der Waals surface area contributed by atoms with Gasteiger partial charge in [0.05, 0.1) is 27.2 Å². The Balaban J connectivity index is 1.73. The summed E-state index contributed by atoms with van der Waals surface area (Å²) in [6.45, 7) is -0.298. The fourth-order valence-corrected chi connectivity index (χ4v) is 4.68. The van der Waals surface area contributed by atoms with Crippen molar-refractivity contribution in [3.63, 3.8) is 0 Å². The Kier molecular flexibility index (Phi) is 7.95. The van der Waals surface area contributed by atoms with Crippen molar-refractivity contribution in [3.05, 3.63) is 88.7 Å². The number of halogens is 3. The lowest BCUT2D eigenvalue weighted by Gasteiger charge is -2.25. The summed E-state index contributed by atoms with van der Waals surface area (Å²) in [4.78, 5) is 12.6. The van der Waals surface area contributed by atoms with Crippen molar-refractivity contribution >= 4 is 44.8 Å². The average molecular weight is 497 g/mol. The number of rotatable bonds is 9. The van der Waals surface area contributed by atoms with Crippen LogP contribution in [0, 0.1) is 5.82 Å². The molecule has 3 aromatic carbocycles. The summed E-state index contributed by atoms with van der Waals surface area (Å²) in [7, 11) is -4.10. The number of carbonyl (C=O) groups is 1. The minimum atomic E-state index is -4.10. The largest absolute Gasteiger partial charge is 0.492 e. The zero-order valence-corrected chi connectivity index (χ0v) is 19.0. The van der Waals surface area contributed by atoms with Crippen LogP contribution < -0.4 is 14.4 Å². The first-order valence-electron chi connectivity index (χ1n) is 9.46. The highest BCUT2D eigenvalue weighted by molar-refractivity contribution is 7.92. The zero-order valence-electron chi connectivity index (χ0n) is 16.7. The van der Waals surface area contributed by atoms with Crippen molar-refractivity contribution in [3.8, 4) is 5.75 Å². The first-order valence-corrected chi connectivity index (χ1v) is 11.7. The number of anilines is 1. The lowest BCUT2D eigenvalue weighted by atomic mass is 10.3. The van der Waals surface area contributed by atoms with E-state index in [-0.39, 0.29) is 39.6 Å². The highest BCUT2D eigenvalue weighted by atomic mass is 35.5. The molecular formula is C22H19Cl2FN2O4S. The van der Waals surface area contributed by atoms with E-state index >= 15 is 0 Å². The topological polar surface area (TPSA) is 75.7 Å². The van der Waals surface area contributed by atoms with Gasteiger partial charge in [-0.2, -0.15) is 0 Å². The molecule has 0 aromatic heterocycles. The van der Waals surface area contributed by atoms with E-state index in [4.69, 9.17) is 27.9 Å². The predicted molar refractivity (Wildman–Crippen MR) is 122 cm³/mol. The SMILES string of the molecule is O=C(CN(c1cccc(Cl)c1Cl)S(=O)(=O)c1ccccc1)NCCOc1ccc(F)cc1. The van der Waals surface area contributed by atoms with E-state index in [2.05, 4.69) is 5.32 Å². The minimum Gasteiger partial charge on any atom is -0.492 e. The van der Waals surface area contributed by atoms with Crippen LogP contribution in [-0.2, 0) is 14.8 Å². The number of hydrogen-bond acceptors (Lipinski definition) is 4. The molecule has 1 amide bonds. The monoisotopic (exact) mass is 496 g/mol. The molecule has 0 spiro atoms. The Morgan fingerprint density at radius 2 is 1.66 bits per heavy atom. The predicted octanol–water partition coefficient (Wildman–Crippen LogP) is 4.52. The average Bonchev–Trinajstić information content (AvgIpc) is 2.79. The van der Waals surface area contributed by atoms with Crippen molar-refractivity contribution in [2.45, 2.75) is 4.90 Å². The van der Waals surface area contributed by atoms with Gasteiger partial charge in [-0.15, -0.1) is 0 Å². The summed E-state index contributed by atoms with van der Waals surface area (Å²) in [5, 5.41) is 2.77. The molecule has 0 heterocycles. The van der Waals surface area contributed by atoms with E-state index in [1.54, 1.807) is 24.3 Å². The Labute approximate surface area is 195 Å². The molecule has 10 heteroatoms. The molecule has 0 fully saturated rings. The summed E-state index contributed by atoms with van der Waals surface area (Å²) in [5.74, 6) is -0.507. The molecular weight excluding hydrogens is 478 g/mol. The first-order chi connectivity index (χ1) is 15.3. The van der Waals surface area contributed by atoms with E-state index in [0.29, 0.717) is 5.75 Å². The van der Waals surface area contributed by atoms with Crippen LogP contribution in [0.4, 0.5) is 10.1 Å². The molecule has 3 rings (SSSR count). The van der Waals surface area contributed by atoms with Crippen molar-refractivity contribution < 1.29 is 22.3 Å². The number of hydrogen-bond donors (Lipinski definition) is 1. The van der Waals surface area contributed by atoms with E-state index in [1.807, 2.05) is 0 Å². The van der Waals surface area contributed by atoms with Crippen molar-refractivity contribution in [2.24, 2.45) is 0 Å². The van der Waals surface area contributed by atoms with Crippen molar-refractivity contribution in [2.75, 3.05) is 24.0 Å². The summed E-state index contributed by atoms with van der Waals surface area (Å²) < 4.78 is 45.8. The third-order valence-corrected chi connectivity index (χ3v) is 6.91. The standard InChI is InChI=1S/C22H19Cl2FN2O4S/c23-19-7-4-8-20(22(19)24)27(32(29,30)18-5-2-1-3-6-18)15-21(28)26-13-14-31-17-11-9-16(25)10-12-17/h1-12H,13-15H2,(H,26,28). The normalized spacial score (nSPS) is 11.1. The van der Waals surface area contributed by atoms with Gasteiger partial charge in [-0.3, -0.25) is 9.10 Å². The number of ether oxygens (including phenoxy) is 1. The number of amides is 1. The van der Waals surface area contributed by atoms with Gasteiger partial charge in [-0.1, -0.05) is 47.5 Å². The highest BCUT2D eigenvalue weighted by Gasteiger charge is 2.29. The Bertz CT molecular complexity index is 1180. The zero-order chi connectivity index (χ0) is 23.1. The molecule has 0 saturated heterocycles. The van der Waals surface area contributed by atoms with E-state index in [0.717, 1.165) is 4.31 Å². The smallest absolute Gasteiger partial charge is 0.264 e. The number of carbonyl (C=O) groups excluding carboxylic acids is 1. The molecule has 0 radical (unpaired) electrons. The molecule has 0 aliphatic carbocycles. The quantitative estimate of drug-likeness (QED) is 0.441. The van der Waals surface area contributed by atoms with Crippen LogP contribution in [0.15, 0.2) is 77.7 Å². The summed E-state index contributed by atoms with van der Waals surface area (Å²) in [6, 6.07) is 17.7. The molecule has 168 valence electrons. The number of nitrogens with zero attached hydrogens (tertiary/aromatic N) is 1. The second-order valence-electron chi connectivity index (χ2n) is 6.55.